The molecule has 0 spiro atoms. The summed E-state index contributed by atoms with van der Waals surface area (Å²) in [4.78, 5) is 13.5. The molecule has 0 amide bonds. The van der Waals surface area contributed by atoms with Gasteiger partial charge in [-0.25, -0.2) is 4.79 Å². The van der Waals surface area contributed by atoms with E-state index in [0.717, 1.165) is 12.1 Å². The summed E-state index contributed by atoms with van der Waals surface area (Å²) in [5.41, 5.74) is 7.06. The molecule has 3 N–H and O–H groups in total. The number of benzene rings is 1. The third-order valence-electron chi connectivity index (χ3n) is 3.51. The second-order valence-electron chi connectivity index (χ2n) is 5.11. The number of nitrogens with zero attached hydrogens (tertiary/aromatic N) is 1. The van der Waals surface area contributed by atoms with Crippen LogP contribution in [0.25, 0.3) is 0 Å². The van der Waals surface area contributed by atoms with E-state index in [1.807, 2.05) is 13.0 Å². The lowest BCUT2D eigenvalue weighted by molar-refractivity contribution is -0.0527. The van der Waals surface area contributed by atoms with Crippen LogP contribution >= 0.6 is 0 Å². The minimum atomic E-state index is -0.970. The van der Waals surface area contributed by atoms with Crippen molar-refractivity contribution in [2.45, 2.75) is 32.5 Å². The van der Waals surface area contributed by atoms with E-state index in [1.165, 1.54) is 0 Å². The van der Waals surface area contributed by atoms with Gasteiger partial charge in [-0.1, -0.05) is 12.1 Å². The van der Waals surface area contributed by atoms with E-state index < -0.39 is 5.97 Å². The van der Waals surface area contributed by atoms with E-state index >= 15 is 0 Å². The smallest absolute Gasteiger partial charge is 0.338 e. The van der Waals surface area contributed by atoms with Crippen molar-refractivity contribution in [3.8, 4) is 0 Å². The molecule has 0 radical (unpaired) electrons. The van der Waals surface area contributed by atoms with Crippen molar-refractivity contribution in [2.75, 3.05) is 18.9 Å². The number of rotatable bonds is 3. The molecule has 2 rings (SSSR count). The van der Waals surface area contributed by atoms with E-state index in [-0.39, 0.29) is 17.7 Å². The fourth-order valence-electron chi connectivity index (χ4n) is 2.42. The summed E-state index contributed by atoms with van der Waals surface area (Å²) in [5, 5.41) is 9.27. The summed E-state index contributed by atoms with van der Waals surface area (Å²) < 4.78 is 5.58. The minimum absolute atomic E-state index is 0.172. The second kappa shape index (κ2) is 5.59. The normalized spacial score (nSPS) is 24.3. The van der Waals surface area contributed by atoms with E-state index in [4.69, 9.17) is 10.5 Å². The zero-order valence-electron chi connectivity index (χ0n) is 11.3. The highest BCUT2D eigenvalue weighted by Crippen LogP contribution is 2.21. The van der Waals surface area contributed by atoms with E-state index in [2.05, 4.69) is 11.8 Å². The number of hydrogen-bond acceptors (Lipinski definition) is 4. The van der Waals surface area contributed by atoms with E-state index in [9.17, 15) is 9.90 Å². The number of carboxylic acid groups (broad SMARTS) is 1. The van der Waals surface area contributed by atoms with Gasteiger partial charge in [0.25, 0.3) is 0 Å². The summed E-state index contributed by atoms with van der Waals surface area (Å²) in [6.07, 6.45) is 0.172. The van der Waals surface area contributed by atoms with Crippen molar-refractivity contribution in [3.05, 3.63) is 29.3 Å². The Morgan fingerprint density at radius 2 is 2.26 bits per heavy atom. The maximum absolute atomic E-state index is 11.3. The number of carboxylic acids is 1. The summed E-state index contributed by atoms with van der Waals surface area (Å²) in [7, 11) is 0. The van der Waals surface area contributed by atoms with Crippen LogP contribution in [0.3, 0.4) is 0 Å². The molecule has 1 aliphatic heterocycles. The molecule has 0 saturated carbocycles. The molecule has 104 valence electrons. The first kappa shape index (κ1) is 13.8. The average molecular weight is 264 g/mol. The van der Waals surface area contributed by atoms with Gasteiger partial charge in [-0.15, -0.1) is 0 Å². The molecule has 2 atom stereocenters. The Morgan fingerprint density at radius 1 is 1.53 bits per heavy atom. The standard InChI is InChI=1S/C14H20N2O3/c1-9-8-19-10(2)6-16(9)7-11-4-3-5-12(15)13(11)14(17)18/h3-5,9-10H,6-8,15H2,1-2H3,(H,17,18). The van der Waals surface area contributed by atoms with Gasteiger partial charge in [0.05, 0.1) is 18.3 Å². The molecule has 1 aliphatic rings. The zero-order valence-corrected chi connectivity index (χ0v) is 11.3. The molecular weight excluding hydrogens is 244 g/mol. The molecule has 1 aromatic carbocycles. The van der Waals surface area contributed by atoms with Crippen molar-refractivity contribution in [3.63, 3.8) is 0 Å². The van der Waals surface area contributed by atoms with Crippen LogP contribution in [0.1, 0.15) is 29.8 Å². The van der Waals surface area contributed by atoms with E-state index in [1.54, 1.807) is 12.1 Å². The molecule has 0 aliphatic carbocycles. The fourth-order valence-corrected chi connectivity index (χ4v) is 2.42. The molecule has 1 heterocycles. The van der Waals surface area contributed by atoms with Gasteiger partial charge in [-0.05, 0) is 25.5 Å². The predicted molar refractivity (Wildman–Crippen MR) is 73.1 cm³/mol. The predicted octanol–water partition coefficient (Wildman–Crippen LogP) is 1.58. The molecule has 5 nitrogen and oxygen atoms in total. The minimum Gasteiger partial charge on any atom is -0.478 e. The first-order valence-electron chi connectivity index (χ1n) is 6.45. The number of carbonyl (C=O) groups is 1. The molecule has 2 unspecified atom stereocenters. The van der Waals surface area contributed by atoms with Gasteiger partial charge in [-0.3, -0.25) is 4.90 Å². The van der Waals surface area contributed by atoms with Crippen LogP contribution in [0.2, 0.25) is 0 Å². The lowest BCUT2D eigenvalue weighted by Crippen LogP contribution is -2.46. The number of morpholine rings is 1. The third-order valence-corrected chi connectivity index (χ3v) is 3.51. The van der Waals surface area contributed by atoms with Gasteiger partial charge < -0.3 is 15.6 Å². The number of ether oxygens (including phenoxy) is 1. The molecule has 1 saturated heterocycles. The highest BCUT2D eigenvalue weighted by Gasteiger charge is 2.25. The first-order chi connectivity index (χ1) is 8.99. The number of nitrogen functional groups attached to an aromatic ring is 1. The monoisotopic (exact) mass is 264 g/mol. The van der Waals surface area contributed by atoms with Crippen LogP contribution in [-0.4, -0.2) is 41.3 Å². The average Bonchev–Trinajstić information content (AvgIpc) is 2.33. The van der Waals surface area contributed by atoms with Crippen LogP contribution in [0, 0.1) is 0 Å². The summed E-state index contributed by atoms with van der Waals surface area (Å²) in [6, 6.07) is 5.52. The first-order valence-corrected chi connectivity index (χ1v) is 6.45. The molecule has 5 heteroatoms. The summed E-state index contributed by atoms with van der Waals surface area (Å²) in [5.74, 6) is -0.970. The Labute approximate surface area is 113 Å². The molecule has 19 heavy (non-hydrogen) atoms. The van der Waals surface area contributed by atoms with Gasteiger partial charge in [0, 0.05) is 24.8 Å². The van der Waals surface area contributed by atoms with Crippen LogP contribution in [0.5, 0.6) is 0 Å². The van der Waals surface area contributed by atoms with Gasteiger partial charge in [0.2, 0.25) is 0 Å². The van der Waals surface area contributed by atoms with Gasteiger partial charge in [-0.2, -0.15) is 0 Å². The van der Waals surface area contributed by atoms with Gasteiger partial charge >= 0.3 is 5.97 Å². The molecule has 0 aromatic heterocycles. The summed E-state index contributed by atoms with van der Waals surface area (Å²) in [6.45, 7) is 6.16. The maximum Gasteiger partial charge on any atom is 0.338 e. The van der Waals surface area contributed by atoms with Crippen LogP contribution in [0.4, 0.5) is 5.69 Å². The maximum atomic E-state index is 11.3. The van der Waals surface area contributed by atoms with Crippen molar-refractivity contribution in [1.82, 2.24) is 4.90 Å². The SMILES string of the molecule is CC1CN(Cc2cccc(N)c2C(=O)O)C(C)CO1. The second-order valence-corrected chi connectivity index (χ2v) is 5.11. The summed E-state index contributed by atoms with van der Waals surface area (Å²) >= 11 is 0. The zero-order chi connectivity index (χ0) is 14.0. The van der Waals surface area contributed by atoms with Crippen molar-refractivity contribution in [1.29, 1.82) is 0 Å². The number of anilines is 1. The quantitative estimate of drug-likeness (QED) is 0.811. The topological polar surface area (TPSA) is 75.8 Å². The highest BCUT2D eigenvalue weighted by molar-refractivity contribution is 5.95. The number of nitrogens with two attached hydrogens (primary N) is 1. The fraction of sp³-hybridized carbons (Fsp3) is 0.500. The lowest BCUT2D eigenvalue weighted by Gasteiger charge is -2.37. The lowest BCUT2D eigenvalue weighted by atomic mass is 10.0. The Kier molecular flexibility index (Phi) is 4.07. The van der Waals surface area contributed by atoms with Crippen LogP contribution in [0.15, 0.2) is 18.2 Å². The van der Waals surface area contributed by atoms with Crippen molar-refractivity contribution < 1.29 is 14.6 Å². The van der Waals surface area contributed by atoms with Gasteiger partial charge in [0.1, 0.15) is 0 Å². The van der Waals surface area contributed by atoms with Gasteiger partial charge in [0.15, 0.2) is 0 Å². The largest absolute Gasteiger partial charge is 0.478 e. The molecule has 1 fully saturated rings. The molecular formula is C14H20N2O3. The Hall–Kier alpha value is -1.59. The van der Waals surface area contributed by atoms with Crippen LogP contribution in [-0.2, 0) is 11.3 Å². The van der Waals surface area contributed by atoms with Crippen LogP contribution < -0.4 is 5.73 Å². The van der Waals surface area contributed by atoms with Crippen molar-refractivity contribution >= 4 is 11.7 Å². The Bertz CT molecular complexity index is 476. The molecule has 0 bridgehead atoms. The number of hydrogen-bond donors (Lipinski definition) is 2. The number of aromatic carboxylic acids is 1. The van der Waals surface area contributed by atoms with Crippen molar-refractivity contribution in [2.24, 2.45) is 0 Å². The Balaban J connectivity index is 2.23. The van der Waals surface area contributed by atoms with E-state index in [0.29, 0.717) is 18.8 Å². The Morgan fingerprint density at radius 3 is 2.95 bits per heavy atom. The molecule has 1 aromatic rings. The highest BCUT2D eigenvalue weighted by atomic mass is 16.5. The third kappa shape index (κ3) is 3.05.